The van der Waals surface area contributed by atoms with Crippen LogP contribution in [0.3, 0.4) is 0 Å². The molecule has 1 amide bonds. The maximum absolute atomic E-state index is 12.4. The van der Waals surface area contributed by atoms with Crippen LogP contribution >= 0.6 is 0 Å². The molecule has 0 heterocycles. The van der Waals surface area contributed by atoms with Crippen LogP contribution in [0.5, 0.6) is 5.75 Å². The smallest absolute Gasteiger partial charge is 0.319 e. The van der Waals surface area contributed by atoms with E-state index in [1.165, 1.54) is 0 Å². The number of benzene rings is 1. The number of ether oxygens (including phenoxy) is 2. The zero-order chi connectivity index (χ0) is 16.0. The van der Waals surface area contributed by atoms with Gasteiger partial charge in [-0.1, -0.05) is 20.8 Å². The minimum absolute atomic E-state index is 0.251. The van der Waals surface area contributed by atoms with Gasteiger partial charge in [0, 0.05) is 5.69 Å². The third kappa shape index (κ3) is 4.77. The van der Waals surface area contributed by atoms with Gasteiger partial charge < -0.3 is 14.8 Å². The van der Waals surface area contributed by atoms with Crippen LogP contribution in [-0.4, -0.2) is 25.6 Å². The highest BCUT2D eigenvalue weighted by Crippen LogP contribution is 2.28. The fourth-order valence-electron chi connectivity index (χ4n) is 1.97. The van der Waals surface area contributed by atoms with Crippen LogP contribution in [0.25, 0.3) is 0 Å². The lowest BCUT2D eigenvalue weighted by Crippen LogP contribution is -2.40. The van der Waals surface area contributed by atoms with E-state index in [1.54, 1.807) is 38.3 Å². The average Bonchev–Trinajstić information content (AvgIpc) is 2.38. The van der Waals surface area contributed by atoms with Gasteiger partial charge in [0.15, 0.2) is 0 Å². The van der Waals surface area contributed by atoms with Crippen molar-refractivity contribution in [1.82, 2.24) is 0 Å². The summed E-state index contributed by atoms with van der Waals surface area (Å²) in [5.41, 5.74) is 0.0855. The standard InChI is InChI=1S/C16H23NO4/c1-6-21-15(19)13(16(2,3)4)14(18)17-11-7-9-12(20-5)10-8-11/h7-10,13H,6H2,1-5H3,(H,17,18). The predicted octanol–water partition coefficient (Wildman–Crippen LogP) is 2.86. The molecule has 5 heteroatoms. The number of nitrogens with one attached hydrogen (secondary N) is 1. The topological polar surface area (TPSA) is 64.6 Å². The first-order chi connectivity index (χ1) is 9.79. The summed E-state index contributed by atoms with van der Waals surface area (Å²) >= 11 is 0. The molecule has 0 fully saturated rings. The molecule has 1 aromatic carbocycles. The molecule has 1 unspecified atom stereocenters. The Kier molecular flexibility index (Phi) is 5.76. The highest BCUT2D eigenvalue weighted by atomic mass is 16.5. The molecule has 0 aliphatic rings. The van der Waals surface area contributed by atoms with E-state index in [0.29, 0.717) is 11.4 Å². The first-order valence-corrected chi connectivity index (χ1v) is 6.91. The van der Waals surface area contributed by atoms with Crippen molar-refractivity contribution in [2.24, 2.45) is 11.3 Å². The van der Waals surface area contributed by atoms with Crippen LogP contribution < -0.4 is 10.1 Å². The predicted molar refractivity (Wildman–Crippen MR) is 81.2 cm³/mol. The van der Waals surface area contributed by atoms with E-state index in [0.717, 1.165) is 0 Å². The minimum atomic E-state index is -0.862. The molecule has 0 radical (unpaired) electrons. The van der Waals surface area contributed by atoms with Crippen molar-refractivity contribution in [3.8, 4) is 5.75 Å². The van der Waals surface area contributed by atoms with E-state index in [2.05, 4.69) is 5.32 Å². The molecule has 0 spiro atoms. The number of amides is 1. The largest absolute Gasteiger partial charge is 0.497 e. The van der Waals surface area contributed by atoms with Gasteiger partial charge in [-0.2, -0.15) is 0 Å². The Labute approximate surface area is 125 Å². The fraction of sp³-hybridized carbons (Fsp3) is 0.500. The quantitative estimate of drug-likeness (QED) is 0.669. The summed E-state index contributed by atoms with van der Waals surface area (Å²) in [5, 5.41) is 2.74. The Bertz CT molecular complexity index is 488. The summed E-state index contributed by atoms with van der Waals surface area (Å²) in [4.78, 5) is 24.4. The Hall–Kier alpha value is -2.04. The van der Waals surface area contributed by atoms with Crippen molar-refractivity contribution in [3.05, 3.63) is 24.3 Å². The van der Waals surface area contributed by atoms with E-state index in [-0.39, 0.29) is 12.5 Å². The molecular weight excluding hydrogens is 270 g/mol. The summed E-state index contributed by atoms with van der Waals surface area (Å²) in [6.07, 6.45) is 0. The molecule has 0 saturated heterocycles. The number of hydrogen-bond donors (Lipinski definition) is 1. The van der Waals surface area contributed by atoms with E-state index >= 15 is 0 Å². The van der Waals surface area contributed by atoms with E-state index in [1.807, 2.05) is 20.8 Å². The molecule has 0 saturated carbocycles. The van der Waals surface area contributed by atoms with Crippen molar-refractivity contribution in [1.29, 1.82) is 0 Å². The number of carbonyl (C=O) groups is 2. The lowest BCUT2D eigenvalue weighted by Gasteiger charge is -2.27. The van der Waals surface area contributed by atoms with E-state index in [9.17, 15) is 9.59 Å². The van der Waals surface area contributed by atoms with Crippen molar-refractivity contribution in [2.75, 3.05) is 19.0 Å². The maximum Gasteiger partial charge on any atom is 0.319 e. The number of carbonyl (C=O) groups excluding carboxylic acids is 2. The van der Waals surface area contributed by atoms with Gasteiger partial charge in [0.1, 0.15) is 11.7 Å². The summed E-state index contributed by atoms with van der Waals surface area (Å²) in [7, 11) is 1.57. The van der Waals surface area contributed by atoms with Crippen LogP contribution in [0, 0.1) is 11.3 Å². The maximum atomic E-state index is 12.4. The Morgan fingerprint density at radius 2 is 1.76 bits per heavy atom. The number of esters is 1. The summed E-state index contributed by atoms with van der Waals surface area (Å²) < 4.78 is 10.1. The van der Waals surface area contributed by atoms with E-state index < -0.39 is 17.3 Å². The minimum Gasteiger partial charge on any atom is -0.497 e. The molecule has 5 nitrogen and oxygen atoms in total. The number of hydrogen-bond acceptors (Lipinski definition) is 4. The van der Waals surface area contributed by atoms with Gasteiger partial charge in [0.25, 0.3) is 0 Å². The second kappa shape index (κ2) is 7.11. The first-order valence-electron chi connectivity index (χ1n) is 6.91. The molecule has 0 aliphatic carbocycles. The zero-order valence-corrected chi connectivity index (χ0v) is 13.2. The van der Waals surface area contributed by atoms with Gasteiger partial charge >= 0.3 is 5.97 Å². The molecule has 1 rings (SSSR count). The monoisotopic (exact) mass is 293 g/mol. The lowest BCUT2D eigenvalue weighted by molar-refractivity contribution is -0.155. The average molecular weight is 293 g/mol. The van der Waals surface area contributed by atoms with Crippen molar-refractivity contribution < 1.29 is 19.1 Å². The van der Waals surface area contributed by atoms with Crippen LogP contribution in [0.1, 0.15) is 27.7 Å². The van der Waals surface area contributed by atoms with Gasteiger partial charge in [-0.05, 0) is 36.6 Å². The SMILES string of the molecule is CCOC(=O)C(C(=O)Nc1ccc(OC)cc1)C(C)(C)C. The third-order valence-corrected chi connectivity index (χ3v) is 3.01. The zero-order valence-electron chi connectivity index (χ0n) is 13.2. The number of rotatable bonds is 5. The summed E-state index contributed by atoms with van der Waals surface area (Å²) in [6.45, 7) is 7.48. The fourth-order valence-corrected chi connectivity index (χ4v) is 1.97. The highest BCUT2D eigenvalue weighted by Gasteiger charge is 2.38. The van der Waals surface area contributed by atoms with Gasteiger partial charge in [-0.25, -0.2) is 0 Å². The molecule has 0 aliphatic heterocycles. The lowest BCUT2D eigenvalue weighted by atomic mass is 9.80. The molecule has 1 N–H and O–H groups in total. The molecular formula is C16H23NO4. The Balaban J connectivity index is 2.87. The van der Waals surface area contributed by atoms with Gasteiger partial charge in [-0.3, -0.25) is 9.59 Å². The highest BCUT2D eigenvalue weighted by molar-refractivity contribution is 6.05. The molecule has 21 heavy (non-hydrogen) atoms. The van der Waals surface area contributed by atoms with Crippen LogP contribution in [0.2, 0.25) is 0 Å². The molecule has 116 valence electrons. The van der Waals surface area contributed by atoms with Crippen LogP contribution in [0.4, 0.5) is 5.69 Å². The molecule has 0 bridgehead atoms. The first kappa shape index (κ1) is 17.0. The van der Waals surface area contributed by atoms with Crippen LogP contribution in [-0.2, 0) is 14.3 Å². The van der Waals surface area contributed by atoms with Crippen molar-refractivity contribution >= 4 is 17.6 Å². The number of methoxy groups -OCH3 is 1. The second-order valence-electron chi connectivity index (χ2n) is 5.77. The number of anilines is 1. The Morgan fingerprint density at radius 1 is 1.19 bits per heavy atom. The van der Waals surface area contributed by atoms with Crippen molar-refractivity contribution in [3.63, 3.8) is 0 Å². The van der Waals surface area contributed by atoms with Crippen molar-refractivity contribution in [2.45, 2.75) is 27.7 Å². The van der Waals surface area contributed by atoms with Gasteiger partial charge in [0.05, 0.1) is 13.7 Å². The molecule has 0 aromatic heterocycles. The normalized spacial score (nSPS) is 12.4. The second-order valence-corrected chi connectivity index (χ2v) is 5.77. The van der Waals surface area contributed by atoms with E-state index in [4.69, 9.17) is 9.47 Å². The molecule has 1 atom stereocenters. The van der Waals surface area contributed by atoms with Gasteiger partial charge in [-0.15, -0.1) is 0 Å². The third-order valence-electron chi connectivity index (χ3n) is 3.01. The summed E-state index contributed by atoms with van der Waals surface area (Å²) in [6, 6.07) is 6.93. The van der Waals surface area contributed by atoms with Crippen LogP contribution in [0.15, 0.2) is 24.3 Å². The molecule has 1 aromatic rings. The Morgan fingerprint density at radius 3 is 2.19 bits per heavy atom. The summed E-state index contributed by atoms with van der Waals surface area (Å²) in [5.74, 6) is -1.03. The van der Waals surface area contributed by atoms with Gasteiger partial charge in [0.2, 0.25) is 5.91 Å².